The van der Waals surface area contributed by atoms with Gasteiger partial charge in [-0.15, -0.1) is 0 Å². The van der Waals surface area contributed by atoms with Crippen molar-refractivity contribution in [3.63, 3.8) is 0 Å². The lowest BCUT2D eigenvalue weighted by molar-refractivity contribution is -0.169. The first-order valence-electron chi connectivity index (χ1n) is 8.72. The topological polar surface area (TPSA) is 27.1 Å². The summed E-state index contributed by atoms with van der Waals surface area (Å²) in [5, 5.41) is 5.12. The van der Waals surface area contributed by atoms with Gasteiger partial charge in [-0.2, -0.15) is 18.3 Å². The van der Waals surface area contributed by atoms with Crippen molar-refractivity contribution in [2.75, 3.05) is 7.11 Å². The third-order valence-corrected chi connectivity index (χ3v) is 4.75. The molecule has 0 aliphatic carbocycles. The minimum absolute atomic E-state index is 0.0949. The summed E-state index contributed by atoms with van der Waals surface area (Å²) < 4.78 is 45.8. The first kappa shape index (κ1) is 20.6. The number of ether oxygens (including phenoxy) is 1. The van der Waals surface area contributed by atoms with Crippen LogP contribution in [-0.2, 0) is 19.4 Å². The SMILES string of the molecule is CCCn1nc(CC)c(Cl)c1-c1ccc(C[C@H](C)C(F)(F)F)cc1OC. The summed E-state index contributed by atoms with van der Waals surface area (Å²) in [6.07, 6.45) is -2.73. The van der Waals surface area contributed by atoms with E-state index in [4.69, 9.17) is 16.3 Å². The van der Waals surface area contributed by atoms with E-state index in [1.165, 1.54) is 14.0 Å². The average Bonchev–Trinajstić information content (AvgIpc) is 2.89. The van der Waals surface area contributed by atoms with Gasteiger partial charge < -0.3 is 4.74 Å². The van der Waals surface area contributed by atoms with Gasteiger partial charge in [0.05, 0.1) is 29.4 Å². The van der Waals surface area contributed by atoms with E-state index in [0.717, 1.165) is 23.4 Å². The monoisotopic (exact) mass is 388 g/mol. The summed E-state index contributed by atoms with van der Waals surface area (Å²) in [5.74, 6) is -0.919. The van der Waals surface area contributed by atoms with Gasteiger partial charge in [0.2, 0.25) is 0 Å². The molecule has 1 atom stereocenters. The van der Waals surface area contributed by atoms with Gasteiger partial charge in [-0.3, -0.25) is 4.68 Å². The standard InChI is InChI=1S/C19H24ClF3N2O/c1-5-9-25-18(17(20)15(6-2)24-25)14-8-7-13(11-16(14)26-4)10-12(3)19(21,22)23/h7-8,11-12H,5-6,9-10H2,1-4H3/t12-/m0/s1. The van der Waals surface area contributed by atoms with Crippen LogP contribution >= 0.6 is 11.6 Å². The van der Waals surface area contributed by atoms with E-state index in [2.05, 4.69) is 5.10 Å². The van der Waals surface area contributed by atoms with Crippen LogP contribution in [0.5, 0.6) is 5.75 Å². The third kappa shape index (κ3) is 4.34. The van der Waals surface area contributed by atoms with Crippen molar-refractivity contribution in [3.05, 3.63) is 34.5 Å². The molecule has 0 N–H and O–H groups in total. The smallest absolute Gasteiger partial charge is 0.391 e. The van der Waals surface area contributed by atoms with Crippen LogP contribution in [0.2, 0.25) is 5.02 Å². The number of alkyl halides is 3. The second kappa shape index (κ2) is 8.33. The molecule has 2 rings (SSSR count). The van der Waals surface area contributed by atoms with E-state index in [9.17, 15) is 13.2 Å². The van der Waals surface area contributed by atoms with E-state index < -0.39 is 12.1 Å². The zero-order valence-corrected chi connectivity index (χ0v) is 16.2. The number of aromatic nitrogens is 2. The molecule has 26 heavy (non-hydrogen) atoms. The van der Waals surface area contributed by atoms with Gasteiger partial charge in [0, 0.05) is 12.1 Å². The molecule has 7 heteroatoms. The summed E-state index contributed by atoms with van der Waals surface area (Å²) in [6, 6.07) is 5.12. The van der Waals surface area contributed by atoms with E-state index >= 15 is 0 Å². The molecule has 0 amide bonds. The molecule has 2 aromatic rings. The molecule has 0 saturated carbocycles. The second-order valence-corrected chi connectivity index (χ2v) is 6.75. The summed E-state index contributed by atoms with van der Waals surface area (Å²) in [7, 11) is 1.50. The number of nitrogens with zero attached hydrogens (tertiary/aromatic N) is 2. The highest BCUT2D eigenvalue weighted by Crippen LogP contribution is 2.38. The lowest BCUT2D eigenvalue weighted by atomic mass is 9.98. The maximum Gasteiger partial charge on any atom is 0.391 e. The van der Waals surface area contributed by atoms with Crippen molar-refractivity contribution in [1.82, 2.24) is 9.78 Å². The molecule has 0 fully saturated rings. The summed E-state index contributed by atoms with van der Waals surface area (Å²) in [6.45, 7) is 5.91. The predicted molar refractivity (Wildman–Crippen MR) is 97.8 cm³/mol. The Morgan fingerprint density at radius 2 is 1.96 bits per heavy atom. The molecule has 0 radical (unpaired) electrons. The van der Waals surface area contributed by atoms with Crippen LogP contribution in [0.1, 0.15) is 38.4 Å². The third-order valence-electron chi connectivity index (χ3n) is 4.35. The Labute approximate surface area is 157 Å². The number of benzene rings is 1. The Balaban J connectivity index is 2.47. The molecule has 0 bridgehead atoms. The Hall–Kier alpha value is -1.69. The zero-order chi connectivity index (χ0) is 19.5. The van der Waals surface area contributed by atoms with Crippen molar-refractivity contribution in [2.24, 2.45) is 5.92 Å². The fourth-order valence-electron chi connectivity index (χ4n) is 2.87. The van der Waals surface area contributed by atoms with E-state index in [-0.39, 0.29) is 6.42 Å². The van der Waals surface area contributed by atoms with Crippen molar-refractivity contribution >= 4 is 11.6 Å². The number of aryl methyl sites for hydroxylation is 2. The first-order valence-corrected chi connectivity index (χ1v) is 9.09. The molecule has 0 aliphatic rings. The molecule has 0 unspecified atom stereocenters. The summed E-state index contributed by atoms with van der Waals surface area (Å²) in [4.78, 5) is 0. The molecule has 1 aromatic carbocycles. The molecular weight excluding hydrogens is 365 g/mol. The van der Waals surface area contributed by atoms with Crippen LogP contribution in [0.3, 0.4) is 0 Å². The van der Waals surface area contributed by atoms with Crippen LogP contribution < -0.4 is 4.74 Å². The molecule has 0 aliphatic heterocycles. The molecule has 144 valence electrons. The quantitative estimate of drug-likeness (QED) is 0.588. The number of hydrogen-bond acceptors (Lipinski definition) is 2. The fraction of sp³-hybridized carbons (Fsp3) is 0.526. The van der Waals surface area contributed by atoms with Gasteiger partial charge >= 0.3 is 6.18 Å². The molecule has 1 heterocycles. The number of rotatable bonds is 7. The molecule has 1 aromatic heterocycles. The average molecular weight is 389 g/mol. The summed E-state index contributed by atoms with van der Waals surface area (Å²) >= 11 is 6.53. The van der Waals surface area contributed by atoms with Gasteiger partial charge in [-0.1, -0.05) is 38.4 Å². The molecule has 0 saturated heterocycles. The maximum absolute atomic E-state index is 12.8. The van der Waals surface area contributed by atoms with Crippen molar-refractivity contribution in [1.29, 1.82) is 0 Å². The van der Waals surface area contributed by atoms with Crippen LogP contribution in [0.4, 0.5) is 13.2 Å². The van der Waals surface area contributed by atoms with Gasteiger partial charge in [-0.05, 0) is 37.0 Å². The van der Waals surface area contributed by atoms with Crippen molar-refractivity contribution < 1.29 is 17.9 Å². The largest absolute Gasteiger partial charge is 0.496 e. The van der Waals surface area contributed by atoms with Crippen LogP contribution in [0, 0.1) is 5.92 Å². The van der Waals surface area contributed by atoms with Gasteiger partial charge in [0.15, 0.2) is 0 Å². The Morgan fingerprint density at radius 1 is 1.27 bits per heavy atom. The Kier molecular flexibility index (Phi) is 6.61. The van der Waals surface area contributed by atoms with Gasteiger partial charge in [0.1, 0.15) is 5.75 Å². The zero-order valence-electron chi connectivity index (χ0n) is 15.5. The van der Waals surface area contributed by atoms with Crippen molar-refractivity contribution in [3.8, 4) is 17.0 Å². The highest BCUT2D eigenvalue weighted by Gasteiger charge is 2.35. The number of methoxy groups -OCH3 is 1. The minimum Gasteiger partial charge on any atom is -0.496 e. The highest BCUT2D eigenvalue weighted by atomic mass is 35.5. The van der Waals surface area contributed by atoms with Crippen molar-refractivity contribution in [2.45, 2.75) is 52.8 Å². The second-order valence-electron chi connectivity index (χ2n) is 6.37. The lowest BCUT2D eigenvalue weighted by Crippen LogP contribution is -2.21. The fourth-order valence-corrected chi connectivity index (χ4v) is 3.24. The molecular formula is C19H24ClF3N2O. The van der Waals surface area contributed by atoms with Gasteiger partial charge in [0.25, 0.3) is 0 Å². The van der Waals surface area contributed by atoms with Crippen LogP contribution in [-0.4, -0.2) is 23.1 Å². The minimum atomic E-state index is -4.22. The van der Waals surface area contributed by atoms with Crippen LogP contribution in [0.25, 0.3) is 11.3 Å². The molecule has 3 nitrogen and oxygen atoms in total. The lowest BCUT2D eigenvalue weighted by Gasteiger charge is -2.17. The Bertz CT molecular complexity index is 756. The Morgan fingerprint density at radius 3 is 2.50 bits per heavy atom. The normalized spacial score (nSPS) is 13.1. The predicted octanol–water partition coefficient (Wildman–Crippen LogP) is 5.93. The number of hydrogen-bond donors (Lipinski definition) is 0. The van der Waals surface area contributed by atoms with E-state index in [1.54, 1.807) is 18.2 Å². The van der Waals surface area contributed by atoms with Gasteiger partial charge in [-0.25, -0.2) is 0 Å². The van der Waals surface area contributed by atoms with Crippen LogP contribution in [0.15, 0.2) is 18.2 Å². The maximum atomic E-state index is 12.8. The molecule has 0 spiro atoms. The first-order chi connectivity index (χ1) is 12.2. The van der Waals surface area contributed by atoms with E-state index in [0.29, 0.717) is 29.3 Å². The van der Waals surface area contributed by atoms with E-state index in [1.807, 2.05) is 18.5 Å². The highest BCUT2D eigenvalue weighted by molar-refractivity contribution is 6.33. The summed E-state index contributed by atoms with van der Waals surface area (Å²) in [5.41, 5.74) is 2.86. The number of halogens is 4.